The third kappa shape index (κ3) is 4.10. The zero-order chi connectivity index (χ0) is 18.4. The number of ether oxygens (including phenoxy) is 3. The molecular weight excluding hydrogens is 340 g/mol. The van der Waals surface area contributed by atoms with Crippen LogP contribution in [-0.4, -0.2) is 30.3 Å². The topological polar surface area (TPSA) is 96.8 Å². The molecule has 0 aliphatic heterocycles. The monoisotopic (exact) mass is 356 g/mol. The fraction of sp³-hybridized carbons (Fsp3) is 0.167. The Kier molecular flexibility index (Phi) is 5.33. The molecular formula is C18H16N2O6. The highest BCUT2D eigenvalue weighted by molar-refractivity contribution is 5.86. The summed E-state index contributed by atoms with van der Waals surface area (Å²) >= 11 is 0. The smallest absolute Gasteiger partial charge is 0.331 e. The van der Waals surface area contributed by atoms with Crippen LogP contribution in [0.2, 0.25) is 0 Å². The largest absolute Gasteiger partial charge is 0.493 e. The molecule has 8 heteroatoms. The fourth-order valence-corrected chi connectivity index (χ4v) is 2.12. The first-order chi connectivity index (χ1) is 12.7. The molecule has 3 rings (SSSR count). The van der Waals surface area contributed by atoms with Gasteiger partial charge in [0.25, 0.3) is 5.89 Å². The number of carbonyl (C=O) groups is 1. The van der Waals surface area contributed by atoms with Crippen molar-refractivity contribution in [2.75, 3.05) is 14.2 Å². The maximum Gasteiger partial charge on any atom is 0.331 e. The number of benzene rings is 1. The lowest BCUT2D eigenvalue weighted by Gasteiger charge is -2.07. The second-order valence-electron chi connectivity index (χ2n) is 5.04. The summed E-state index contributed by atoms with van der Waals surface area (Å²) in [6.07, 6.45) is 4.27. The molecule has 0 aliphatic rings. The Balaban J connectivity index is 1.62. The van der Waals surface area contributed by atoms with Crippen molar-refractivity contribution in [2.24, 2.45) is 0 Å². The predicted octanol–water partition coefficient (Wildman–Crippen LogP) is 3.10. The molecule has 8 nitrogen and oxygen atoms in total. The van der Waals surface area contributed by atoms with Gasteiger partial charge in [0.15, 0.2) is 18.1 Å². The molecule has 134 valence electrons. The number of furan rings is 1. The SMILES string of the molecule is COc1ccc(-c2noc(COC(=O)/C=C/c3ccco3)n2)cc1OC. The molecule has 0 spiro atoms. The normalized spacial score (nSPS) is 10.8. The number of hydrogen-bond acceptors (Lipinski definition) is 8. The number of nitrogens with zero attached hydrogens (tertiary/aromatic N) is 2. The van der Waals surface area contributed by atoms with E-state index in [1.165, 1.54) is 18.4 Å². The van der Waals surface area contributed by atoms with E-state index in [9.17, 15) is 4.79 Å². The van der Waals surface area contributed by atoms with Crippen molar-refractivity contribution in [1.29, 1.82) is 0 Å². The third-order valence-corrected chi connectivity index (χ3v) is 3.37. The molecule has 0 atom stereocenters. The van der Waals surface area contributed by atoms with Gasteiger partial charge in [-0.2, -0.15) is 4.98 Å². The standard InChI is InChI=1S/C18H16N2O6/c1-22-14-7-5-12(10-15(14)23-2)18-19-16(26-20-18)11-25-17(21)8-6-13-4-3-9-24-13/h3-10H,11H2,1-2H3/b8-6+. The minimum absolute atomic E-state index is 0.137. The van der Waals surface area contributed by atoms with Crippen LogP contribution in [0.1, 0.15) is 11.7 Å². The van der Waals surface area contributed by atoms with Crippen molar-refractivity contribution in [3.05, 3.63) is 54.3 Å². The molecule has 0 aliphatic carbocycles. The second kappa shape index (κ2) is 8.02. The first-order valence-electron chi connectivity index (χ1n) is 7.63. The first-order valence-corrected chi connectivity index (χ1v) is 7.63. The van der Waals surface area contributed by atoms with E-state index in [1.54, 1.807) is 44.6 Å². The number of rotatable bonds is 7. The van der Waals surface area contributed by atoms with Gasteiger partial charge in [-0.05, 0) is 36.4 Å². The van der Waals surface area contributed by atoms with Gasteiger partial charge in [0, 0.05) is 11.6 Å². The van der Waals surface area contributed by atoms with E-state index in [0.29, 0.717) is 28.6 Å². The highest BCUT2D eigenvalue weighted by atomic mass is 16.6. The van der Waals surface area contributed by atoms with Gasteiger partial charge in [-0.1, -0.05) is 5.16 Å². The Morgan fingerprint density at radius 3 is 2.77 bits per heavy atom. The molecule has 26 heavy (non-hydrogen) atoms. The Morgan fingerprint density at radius 2 is 2.04 bits per heavy atom. The van der Waals surface area contributed by atoms with E-state index >= 15 is 0 Å². The summed E-state index contributed by atoms with van der Waals surface area (Å²) < 4.78 is 25.7. The molecule has 0 saturated heterocycles. The second-order valence-corrected chi connectivity index (χ2v) is 5.04. The average molecular weight is 356 g/mol. The van der Waals surface area contributed by atoms with Gasteiger partial charge in [0.2, 0.25) is 5.82 Å². The summed E-state index contributed by atoms with van der Waals surface area (Å²) in [6, 6.07) is 8.68. The lowest BCUT2D eigenvalue weighted by molar-refractivity contribution is -0.139. The van der Waals surface area contributed by atoms with Crippen molar-refractivity contribution < 1.29 is 27.9 Å². The van der Waals surface area contributed by atoms with E-state index in [0.717, 1.165) is 0 Å². The molecule has 0 N–H and O–H groups in total. The van der Waals surface area contributed by atoms with Crippen LogP contribution in [0.5, 0.6) is 11.5 Å². The average Bonchev–Trinajstić information content (AvgIpc) is 3.36. The number of methoxy groups -OCH3 is 2. The Morgan fingerprint density at radius 1 is 1.19 bits per heavy atom. The molecule has 0 radical (unpaired) electrons. The van der Waals surface area contributed by atoms with Crippen molar-refractivity contribution in [3.63, 3.8) is 0 Å². The van der Waals surface area contributed by atoms with Crippen LogP contribution in [0.4, 0.5) is 0 Å². The zero-order valence-corrected chi connectivity index (χ0v) is 14.2. The number of esters is 1. The van der Waals surface area contributed by atoms with Crippen molar-refractivity contribution >= 4 is 12.0 Å². The van der Waals surface area contributed by atoms with Gasteiger partial charge in [0.05, 0.1) is 20.5 Å². The molecule has 3 aromatic rings. The van der Waals surface area contributed by atoms with E-state index in [2.05, 4.69) is 10.1 Å². The summed E-state index contributed by atoms with van der Waals surface area (Å²) in [7, 11) is 3.09. The quantitative estimate of drug-likeness (QED) is 0.470. The minimum Gasteiger partial charge on any atom is -0.493 e. The Labute approximate surface area is 149 Å². The van der Waals surface area contributed by atoms with Gasteiger partial charge in [-0.3, -0.25) is 0 Å². The van der Waals surface area contributed by atoms with Crippen molar-refractivity contribution in [3.8, 4) is 22.9 Å². The summed E-state index contributed by atoms with van der Waals surface area (Å²) in [5.41, 5.74) is 0.682. The van der Waals surface area contributed by atoms with E-state index in [1.807, 2.05) is 0 Å². The van der Waals surface area contributed by atoms with Gasteiger partial charge in [0.1, 0.15) is 5.76 Å². The van der Waals surface area contributed by atoms with Gasteiger partial charge in [-0.15, -0.1) is 0 Å². The molecule has 1 aromatic carbocycles. The van der Waals surface area contributed by atoms with Crippen LogP contribution in [0.3, 0.4) is 0 Å². The summed E-state index contributed by atoms with van der Waals surface area (Å²) in [5, 5.41) is 3.88. The van der Waals surface area contributed by atoms with Gasteiger partial charge >= 0.3 is 5.97 Å². The minimum atomic E-state index is -0.549. The molecule has 0 unspecified atom stereocenters. The number of hydrogen-bond donors (Lipinski definition) is 0. The molecule has 0 fully saturated rings. The first kappa shape index (κ1) is 17.3. The highest BCUT2D eigenvalue weighted by Gasteiger charge is 2.13. The van der Waals surface area contributed by atoms with E-state index in [-0.39, 0.29) is 12.5 Å². The summed E-state index contributed by atoms with van der Waals surface area (Å²) in [6.45, 7) is -0.137. The highest BCUT2D eigenvalue weighted by Crippen LogP contribution is 2.31. The maximum atomic E-state index is 11.7. The molecule has 0 saturated carbocycles. The van der Waals surface area contributed by atoms with Crippen molar-refractivity contribution in [1.82, 2.24) is 10.1 Å². The zero-order valence-electron chi connectivity index (χ0n) is 14.2. The maximum absolute atomic E-state index is 11.7. The molecule has 2 heterocycles. The lowest BCUT2D eigenvalue weighted by atomic mass is 10.2. The summed E-state index contributed by atoms with van der Waals surface area (Å²) in [5.74, 6) is 1.67. The number of carbonyl (C=O) groups excluding carboxylic acids is 1. The summed E-state index contributed by atoms with van der Waals surface area (Å²) in [4.78, 5) is 15.9. The molecule has 2 aromatic heterocycles. The Bertz CT molecular complexity index is 898. The van der Waals surface area contributed by atoms with Crippen LogP contribution in [0, 0.1) is 0 Å². The van der Waals surface area contributed by atoms with E-state index < -0.39 is 5.97 Å². The fourth-order valence-electron chi connectivity index (χ4n) is 2.12. The predicted molar refractivity (Wildman–Crippen MR) is 90.4 cm³/mol. The van der Waals surface area contributed by atoms with Crippen LogP contribution >= 0.6 is 0 Å². The van der Waals surface area contributed by atoms with Gasteiger partial charge in [-0.25, -0.2) is 4.79 Å². The van der Waals surface area contributed by atoms with Crippen molar-refractivity contribution in [2.45, 2.75) is 6.61 Å². The third-order valence-electron chi connectivity index (χ3n) is 3.37. The van der Waals surface area contributed by atoms with Crippen LogP contribution in [-0.2, 0) is 16.1 Å². The van der Waals surface area contributed by atoms with Gasteiger partial charge < -0.3 is 23.2 Å². The lowest BCUT2D eigenvalue weighted by Crippen LogP contribution is -2.00. The van der Waals surface area contributed by atoms with Crippen LogP contribution in [0.25, 0.3) is 17.5 Å². The van der Waals surface area contributed by atoms with Crippen LogP contribution in [0.15, 0.2) is 51.6 Å². The molecule has 0 amide bonds. The van der Waals surface area contributed by atoms with Crippen LogP contribution < -0.4 is 9.47 Å². The van der Waals surface area contributed by atoms with E-state index in [4.69, 9.17) is 23.2 Å². The Hall–Kier alpha value is -3.55. The number of aromatic nitrogens is 2. The molecule has 0 bridgehead atoms.